The third-order valence-corrected chi connectivity index (χ3v) is 5.81. The van der Waals surface area contributed by atoms with E-state index < -0.39 is 5.97 Å². The van der Waals surface area contributed by atoms with Gasteiger partial charge in [0.25, 0.3) is 0 Å². The lowest BCUT2D eigenvalue weighted by atomic mass is 10.0. The van der Waals surface area contributed by atoms with E-state index in [-0.39, 0.29) is 12.4 Å². The third-order valence-electron chi connectivity index (χ3n) is 5.81. The lowest BCUT2D eigenvalue weighted by molar-refractivity contribution is 0.0524. The zero-order valence-corrected chi connectivity index (χ0v) is 19.1. The first-order chi connectivity index (χ1) is 16.5. The van der Waals surface area contributed by atoms with Crippen molar-refractivity contribution in [3.05, 3.63) is 65.0 Å². The van der Waals surface area contributed by atoms with Crippen LogP contribution in [0.4, 0.5) is 16.0 Å². The minimum atomic E-state index is -0.407. The molecule has 0 radical (unpaired) electrons. The first-order valence-corrected chi connectivity index (χ1v) is 11.1. The highest BCUT2D eigenvalue weighted by molar-refractivity contribution is 5.92. The molecule has 0 bridgehead atoms. The molecule has 1 aromatic carbocycles. The Morgan fingerprint density at radius 3 is 2.71 bits per heavy atom. The fraction of sp³-hybridized carbons (Fsp3) is 0.292. The summed E-state index contributed by atoms with van der Waals surface area (Å²) in [5.41, 5.74) is 4.44. The van der Waals surface area contributed by atoms with Crippen LogP contribution in [0.25, 0.3) is 17.1 Å². The van der Waals surface area contributed by atoms with Crippen LogP contribution in [-0.4, -0.2) is 42.5 Å². The third kappa shape index (κ3) is 4.02. The normalized spacial score (nSPS) is 13.2. The van der Waals surface area contributed by atoms with Crippen LogP contribution in [0.2, 0.25) is 0 Å². The van der Waals surface area contributed by atoms with Gasteiger partial charge in [0.1, 0.15) is 23.5 Å². The summed E-state index contributed by atoms with van der Waals surface area (Å²) < 4.78 is 20.2. The van der Waals surface area contributed by atoms with E-state index in [9.17, 15) is 9.18 Å². The number of hydrogen-bond acceptors (Lipinski definition) is 7. The van der Waals surface area contributed by atoms with Gasteiger partial charge in [-0.3, -0.25) is 5.10 Å². The highest BCUT2D eigenvalue weighted by atomic mass is 19.1. The van der Waals surface area contributed by atoms with Crippen LogP contribution in [0.3, 0.4) is 0 Å². The summed E-state index contributed by atoms with van der Waals surface area (Å²) in [4.78, 5) is 21.0. The number of H-pyrrole nitrogens is 1. The van der Waals surface area contributed by atoms with E-state index in [0.29, 0.717) is 40.3 Å². The summed E-state index contributed by atoms with van der Waals surface area (Å²) in [5, 5.41) is 15.3. The van der Waals surface area contributed by atoms with Gasteiger partial charge in [-0.1, -0.05) is 0 Å². The van der Waals surface area contributed by atoms with Gasteiger partial charge < -0.3 is 10.1 Å². The maximum absolute atomic E-state index is 13.4. The topological polar surface area (TPSA) is 111 Å². The SMILES string of the molecule is CCOC(=O)c1c(C)nn(-c2cc(Nc3n[nH]c(-c4ccc(F)cc4)c3C3CC3)ncn2)c1C. The molecule has 3 aromatic heterocycles. The molecule has 2 N–H and O–H groups in total. The molecule has 0 amide bonds. The van der Waals surface area contributed by atoms with Crippen LogP contribution in [-0.2, 0) is 4.74 Å². The molecule has 3 heterocycles. The number of nitrogens with one attached hydrogen (secondary N) is 2. The standard InChI is InChI=1S/C24H24FN7O2/c1-4-34-24(33)20-13(2)31-32(14(20)3)19-11-18(26-12-27-19)28-23-21(15-5-6-15)22(29-30-23)16-7-9-17(25)10-8-16/h7-12,15H,4-6H2,1-3H3,(H2,26,27,28,29,30). The lowest BCUT2D eigenvalue weighted by Crippen LogP contribution is -2.08. The second kappa shape index (κ2) is 8.69. The minimum absolute atomic E-state index is 0.279. The molecule has 1 fully saturated rings. The van der Waals surface area contributed by atoms with Crippen molar-refractivity contribution in [2.24, 2.45) is 0 Å². The van der Waals surface area contributed by atoms with Gasteiger partial charge in [0.2, 0.25) is 0 Å². The number of nitrogens with zero attached hydrogens (tertiary/aromatic N) is 5. The van der Waals surface area contributed by atoms with Crippen molar-refractivity contribution >= 4 is 17.6 Å². The Morgan fingerprint density at radius 1 is 1.24 bits per heavy atom. The van der Waals surface area contributed by atoms with Gasteiger partial charge in [0, 0.05) is 17.2 Å². The Hall–Kier alpha value is -4.08. The van der Waals surface area contributed by atoms with Gasteiger partial charge in [-0.2, -0.15) is 10.2 Å². The highest BCUT2D eigenvalue weighted by Gasteiger charge is 2.32. The molecule has 0 unspecified atom stereocenters. The van der Waals surface area contributed by atoms with Crippen LogP contribution in [0.1, 0.15) is 53.0 Å². The molecule has 0 atom stereocenters. The van der Waals surface area contributed by atoms with Gasteiger partial charge in [-0.15, -0.1) is 0 Å². The first-order valence-electron chi connectivity index (χ1n) is 11.1. The molecular weight excluding hydrogens is 437 g/mol. The average Bonchev–Trinajstić information content (AvgIpc) is 3.50. The number of aromatic amines is 1. The van der Waals surface area contributed by atoms with Crippen molar-refractivity contribution in [1.29, 1.82) is 0 Å². The molecular formula is C24H24FN7O2. The molecule has 174 valence electrons. The molecule has 1 aliphatic rings. The molecule has 0 aliphatic heterocycles. The molecule has 34 heavy (non-hydrogen) atoms. The van der Waals surface area contributed by atoms with Gasteiger partial charge in [-0.05, 0) is 63.8 Å². The van der Waals surface area contributed by atoms with Crippen molar-refractivity contribution < 1.29 is 13.9 Å². The number of rotatable bonds is 7. The number of hydrogen-bond donors (Lipinski definition) is 2. The van der Waals surface area contributed by atoms with Gasteiger partial charge in [-0.25, -0.2) is 23.8 Å². The average molecular weight is 462 g/mol. The van der Waals surface area contributed by atoms with Gasteiger partial charge >= 0.3 is 5.97 Å². The van der Waals surface area contributed by atoms with Crippen molar-refractivity contribution in [3.63, 3.8) is 0 Å². The number of benzene rings is 1. The highest BCUT2D eigenvalue weighted by Crippen LogP contribution is 2.47. The van der Waals surface area contributed by atoms with Crippen molar-refractivity contribution in [2.75, 3.05) is 11.9 Å². The molecule has 9 nitrogen and oxygen atoms in total. The molecule has 5 rings (SSSR count). The van der Waals surface area contributed by atoms with Gasteiger partial charge in [0.05, 0.1) is 23.7 Å². The number of aromatic nitrogens is 6. The summed E-state index contributed by atoms with van der Waals surface area (Å²) >= 11 is 0. The van der Waals surface area contributed by atoms with Crippen molar-refractivity contribution in [1.82, 2.24) is 29.9 Å². The Bertz CT molecular complexity index is 1360. The largest absolute Gasteiger partial charge is 0.462 e. The number of esters is 1. The Balaban J connectivity index is 1.46. The summed E-state index contributed by atoms with van der Waals surface area (Å²) in [6, 6.07) is 8.11. The number of halogens is 1. The minimum Gasteiger partial charge on any atom is -0.462 e. The van der Waals surface area contributed by atoms with E-state index in [4.69, 9.17) is 4.74 Å². The van der Waals surface area contributed by atoms with E-state index in [1.807, 2.05) is 0 Å². The molecule has 10 heteroatoms. The summed E-state index contributed by atoms with van der Waals surface area (Å²) in [6.07, 6.45) is 3.57. The number of carbonyl (C=O) groups is 1. The first kappa shape index (κ1) is 21.7. The van der Waals surface area contributed by atoms with E-state index in [1.54, 1.807) is 43.7 Å². The number of aryl methyl sites for hydroxylation is 1. The zero-order valence-electron chi connectivity index (χ0n) is 19.1. The van der Waals surface area contributed by atoms with Crippen LogP contribution >= 0.6 is 0 Å². The van der Waals surface area contributed by atoms with Crippen molar-refractivity contribution in [2.45, 2.75) is 39.5 Å². The maximum Gasteiger partial charge on any atom is 0.341 e. The number of carbonyl (C=O) groups excluding carboxylic acids is 1. The fourth-order valence-corrected chi connectivity index (χ4v) is 4.07. The van der Waals surface area contributed by atoms with Crippen LogP contribution in [0.15, 0.2) is 36.7 Å². The van der Waals surface area contributed by atoms with E-state index in [1.165, 1.54) is 18.5 Å². The summed E-state index contributed by atoms with van der Waals surface area (Å²) in [6.45, 7) is 5.62. The van der Waals surface area contributed by atoms with Crippen LogP contribution in [0, 0.1) is 19.7 Å². The van der Waals surface area contributed by atoms with Crippen molar-refractivity contribution in [3.8, 4) is 17.1 Å². The second-order valence-corrected chi connectivity index (χ2v) is 8.21. The molecule has 0 spiro atoms. The predicted molar refractivity (Wildman–Crippen MR) is 124 cm³/mol. The van der Waals surface area contributed by atoms with Crippen LogP contribution < -0.4 is 5.32 Å². The lowest BCUT2D eigenvalue weighted by Gasteiger charge is -2.09. The fourth-order valence-electron chi connectivity index (χ4n) is 4.07. The Morgan fingerprint density at radius 2 is 2.00 bits per heavy atom. The Labute approximate surface area is 195 Å². The smallest absolute Gasteiger partial charge is 0.341 e. The van der Waals surface area contributed by atoms with Crippen LogP contribution in [0.5, 0.6) is 0 Å². The number of anilines is 2. The molecule has 0 saturated heterocycles. The Kier molecular flexibility index (Phi) is 5.56. The quantitative estimate of drug-likeness (QED) is 0.387. The monoisotopic (exact) mass is 461 g/mol. The van der Waals surface area contributed by atoms with E-state index in [0.717, 1.165) is 29.7 Å². The van der Waals surface area contributed by atoms with Gasteiger partial charge in [0.15, 0.2) is 11.6 Å². The molecule has 4 aromatic rings. The predicted octanol–water partition coefficient (Wildman–Crippen LogP) is 4.61. The molecule has 1 saturated carbocycles. The second-order valence-electron chi connectivity index (χ2n) is 8.21. The molecule has 1 aliphatic carbocycles. The summed E-state index contributed by atoms with van der Waals surface area (Å²) in [7, 11) is 0. The number of ether oxygens (including phenoxy) is 1. The van der Waals surface area contributed by atoms with E-state index in [2.05, 4.69) is 30.6 Å². The maximum atomic E-state index is 13.4. The summed E-state index contributed by atoms with van der Waals surface area (Å²) in [5.74, 6) is 1.41. The zero-order chi connectivity index (χ0) is 23.8. The van der Waals surface area contributed by atoms with E-state index >= 15 is 0 Å².